The van der Waals surface area contributed by atoms with Crippen LogP contribution in [0.2, 0.25) is 0 Å². The molecule has 2 aromatic rings. The van der Waals surface area contributed by atoms with Gasteiger partial charge in [-0.3, -0.25) is 19.5 Å². The minimum absolute atomic E-state index is 0.0676. The zero-order valence-electron chi connectivity index (χ0n) is 20.2. The second-order valence-corrected chi connectivity index (χ2v) is 7.97. The molecule has 206 valence electrons. The molecule has 3 atom stereocenters. The highest BCUT2D eigenvalue weighted by atomic mass is 19.3. The first-order valence-electron chi connectivity index (χ1n) is 11.4. The smallest absolute Gasteiger partial charge is 0.412 e. The third-order valence-corrected chi connectivity index (χ3v) is 5.24. The zero-order valence-corrected chi connectivity index (χ0v) is 20.2. The van der Waals surface area contributed by atoms with Crippen LogP contribution in [0, 0.1) is 0 Å². The van der Waals surface area contributed by atoms with Gasteiger partial charge in [-0.05, 0) is 18.2 Å². The summed E-state index contributed by atoms with van der Waals surface area (Å²) in [6, 6.07) is 9.46. The van der Waals surface area contributed by atoms with Crippen molar-refractivity contribution in [1.82, 2.24) is 9.55 Å². The van der Waals surface area contributed by atoms with Crippen molar-refractivity contribution >= 4 is 29.5 Å². The Balaban J connectivity index is 1.62. The van der Waals surface area contributed by atoms with E-state index in [1.54, 1.807) is 30.3 Å². The van der Waals surface area contributed by atoms with Crippen LogP contribution in [0.25, 0.3) is 0 Å². The average Bonchev–Trinajstić information content (AvgIpc) is 3.13. The molecule has 0 saturated carbocycles. The summed E-state index contributed by atoms with van der Waals surface area (Å²) < 4.78 is 50.4. The number of halogens is 2. The fourth-order valence-corrected chi connectivity index (χ4v) is 3.44. The molecular weight excluding hydrogens is 514 g/mol. The van der Waals surface area contributed by atoms with Gasteiger partial charge in [0.25, 0.3) is 0 Å². The second-order valence-electron chi connectivity index (χ2n) is 7.97. The lowest BCUT2D eigenvalue weighted by Crippen LogP contribution is -2.44. The summed E-state index contributed by atoms with van der Waals surface area (Å²) in [5, 5.41) is 14.3. The van der Waals surface area contributed by atoms with Crippen LogP contribution in [0.3, 0.4) is 0 Å². The van der Waals surface area contributed by atoms with Gasteiger partial charge in [-0.1, -0.05) is 18.2 Å². The van der Waals surface area contributed by atoms with E-state index in [2.05, 4.69) is 15.6 Å². The molecule has 3 rings (SSSR count). The van der Waals surface area contributed by atoms with Gasteiger partial charge in [0.05, 0.1) is 19.6 Å². The molecule has 2 amide bonds. The van der Waals surface area contributed by atoms with Gasteiger partial charge in [0.15, 0.2) is 6.10 Å². The van der Waals surface area contributed by atoms with Crippen molar-refractivity contribution in [3.05, 3.63) is 53.1 Å². The van der Waals surface area contributed by atoms with E-state index in [4.69, 9.17) is 18.9 Å². The van der Waals surface area contributed by atoms with E-state index in [0.29, 0.717) is 10.3 Å². The van der Waals surface area contributed by atoms with Gasteiger partial charge in [-0.15, -0.1) is 0 Å². The van der Waals surface area contributed by atoms with Gasteiger partial charge >= 0.3 is 23.7 Å². The SMILES string of the molecule is COCCOC(=O)Nc1ccn([C@@H]2O[C@H](CO)[C@@H](OC(=O)CCC(=O)Nc3ccccc3)C2(F)F)c(=O)n1. The number of hydrogen-bond donors (Lipinski definition) is 3. The molecular formula is C23H26F2N4O9. The van der Waals surface area contributed by atoms with E-state index in [-0.39, 0.29) is 25.5 Å². The molecule has 1 aliphatic rings. The number of aromatic nitrogens is 2. The highest BCUT2D eigenvalue weighted by Crippen LogP contribution is 2.44. The van der Waals surface area contributed by atoms with E-state index >= 15 is 8.78 Å². The monoisotopic (exact) mass is 540 g/mol. The van der Waals surface area contributed by atoms with Gasteiger partial charge in [0.2, 0.25) is 12.1 Å². The van der Waals surface area contributed by atoms with Gasteiger partial charge in [0.1, 0.15) is 18.5 Å². The number of methoxy groups -OCH3 is 1. The van der Waals surface area contributed by atoms with Crippen LogP contribution in [-0.4, -0.2) is 77.7 Å². The first kappa shape index (κ1) is 28.6. The molecule has 2 heterocycles. The largest absolute Gasteiger partial charge is 0.453 e. The number of benzene rings is 1. The molecule has 1 aliphatic heterocycles. The molecule has 38 heavy (non-hydrogen) atoms. The number of nitrogens with zero attached hydrogens (tertiary/aromatic N) is 2. The summed E-state index contributed by atoms with van der Waals surface area (Å²) in [4.78, 5) is 51.9. The number of rotatable bonds is 11. The van der Waals surface area contributed by atoms with Crippen molar-refractivity contribution < 1.29 is 47.2 Å². The predicted molar refractivity (Wildman–Crippen MR) is 125 cm³/mol. The van der Waals surface area contributed by atoms with E-state index in [1.807, 2.05) is 0 Å². The number of para-hydroxylation sites is 1. The number of anilines is 2. The topological polar surface area (TPSA) is 167 Å². The number of carbonyl (C=O) groups is 3. The number of esters is 1. The lowest BCUT2D eigenvalue weighted by Gasteiger charge is -2.24. The maximum absolute atomic E-state index is 15.2. The summed E-state index contributed by atoms with van der Waals surface area (Å²) in [6.45, 7) is -0.884. The first-order chi connectivity index (χ1) is 18.1. The van der Waals surface area contributed by atoms with E-state index in [9.17, 15) is 24.3 Å². The van der Waals surface area contributed by atoms with Gasteiger partial charge in [-0.25, -0.2) is 9.59 Å². The van der Waals surface area contributed by atoms with Crippen LogP contribution < -0.4 is 16.3 Å². The number of carbonyl (C=O) groups excluding carboxylic acids is 3. The van der Waals surface area contributed by atoms with E-state index < -0.39 is 61.0 Å². The summed E-state index contributed by atoms with van der Waals surface area (Å²) in [5.74, 6) is -5.90. The molecule has 1 aromatic carbocycles. The van der Waals surface area contributed by atoms with Crippen molar-refractivity contribution in [3.63, 3.8) is 0 Å². The zero-order chi connectivity index (χ0) is 27.7. The number of nitrogens with one attached hydrogen (secondary N) is 2. The number of amides is 2. The molecule has 13 nitrogen and oxygen atoms in total. The second kappa shape index (κ2) is 13.0. The van der Waals surface area contributed by atoms with Crippen molar-refractivity contribution in [2.75, 3.05) is 37.6 Å². The molecule has 1 aromatic heterocycles. The number of alkyl halides is 2. The van der Waals surface area contributed by atoms with Crippen molar-refractivity contribution in [1.29, 1.82) is 0 Å². The number of ether oxygens (including phenoxy) is 4. The lowest BCUT2D eigenvalue weighted by atomic mass is 10.1. The fraction of sp³-hybridized carbons (Fsp3) is 0.435. The van der Waals surface area contributed by atoms with Crippen molar-refractivity contribution in [2.24, 2.45) is 0 Å². The van der Waals surface area contributed by atoms with Crippen LogP contribution in [0.15, 0.2) is 47.4 Å². The van der Waals surface area contributed by atoms with Crippen molar-refractivity contribution in [3.8, 4) is 0 Å². The molecule has 0 bridgehead atoms. The summed E-state index contributed by atoms with van der Waals surface area (Å²) in [7, 11) is 1.40. The van der Waals surface area contributed by atoms with Crippen molar-refractivity contribution in [2.45, 2.75) is 37.2 Å². The Hall–Kier alpha value is -3.95. The number of aliphatic hydroxyl groups is 1. The standard InChI is InChI=1S/C23H26F2N4O9/c1-35-11-12-36-22(34)28-16-9-10-29(21(33)27-16)20-23(24,25)19(15(13-30)37-20)38-18(32)8-7-17(31)26-14-5-3-2-4-6-14/h2-6,9-10,15,19-20,30H,7-8,11-13H2,1H3,(H,26,31)(H,27,28,33,34)/t15-,19-,20-/m1/s1. The van der Waals surface area contributed by atoms with Crippen LogP contribution in [0.4, 0.5) is 25.1 Å². The van der Waals surface area contributed by atoms with Crippen LogP contribution in [0.5, 0.6) is 0 Å². The van der Waals surface area contributed by atoms with Crippen LogP contribution in [-0.2, 0) is 28.5 Å². The highest BCUT2D eigenvalue weighted by molar-refractivity contribution is 5.92. The van der Waals surface area contributed by atoms with Gasteiger partial charge in [-0.2, -0.15) is 13.8 Å². The summed E-state index contributed by atoms with van der Waals surface area (Å²) in [5.41, 5.74) is -0.723. The van der Waals surface area contributed by atoms with Crippen LogP contribution >= 0.6 is 0 Å². The molecule has 0 unspecified atom stereocenters. The Morgan fingerprint density at radius 3 is 2.53 bits per heavy atom. The predicted octanol–water partition coefficient (Wildman–Crippen LogP) is 1.29. The number of aliphatic hydroxyl groups excluding tert-OH is 1. The third kappa shape index (κ3) is 7.30. The van der Waals surface area contributed by atoms with E-state index in [1.165, 1.54) is 7.11 Å². The lowest BCUT2D eigenvalue weighted by molar-refractivity contribution is -0.176. The molecule has 15 heteroatoms. The minimum Gasteiger partial charge on any atom is -0.453 e. The highest BCUT2D eigenvalue weighted by Gasteiger charge is 2.62. The molecule has 1 fully saturated rings. The van der Waals surface area contributed by atoms with E-state index in [0.717, 1.165) is 12.3 Å². The minimum atomic E-state index is -3.96. The Kier molecular flexibility index (Phi) is 9.81. The van der Waals surface area contributed by atoms with Gasteiger partial charge < -0.3 is 29.4 Å². The Labute approximate surface area is 214 Å². The normalized spacial score (nSPS) is 19.9. The number of hydrogen-bond acceptors (Lipinski definition) is 10. The maximum Gasteiger partial charge on any atom is 0.412 e. The fourth-order valence-electron chi connectivity index (χ4n) is 3.44. The first-order valence-corrected chi connectivity index (χ1v) is 11.4. The average molecular weight is 540 g/mol. The van der Waals surface area contributed by atoms with Gasteiger partial charge in [0, 0.05) is 25.4 Å². The molecule has 0 aliphatic carbocycles. The Morgan fingerprint density at radius 2 is 1.87 bits per heavy atom. The van der Waals surface area contributed by atoms with Crippen LogP contribution in [0.1, 0.15) is 19.1 Å². The maximum atomic E-state index is 15.2. The molecule has 3 N–H and O–H groups in total. The summed E-state index contributed by atoms with van der Waals surface area (Å²) >= 11 is 0. The quantitative estimate of drug-likeness (QED) is 0.279. The Morgan fingerprint density at radius 1 is 1.13 bits per heavy atom. The molecule has 1 saturated heterocycles. The third-order valence-electron chi connectivity index (χ3n) is 5.24. The molecule has 0 radical (unpaired) electrons. The summed E-state index contributed by atoms with van der Waals surface area (Å²) in [6.07, 6.45) is -7.10. The molecule has 0 spiro atoms. The Bertz CT molecular complexity index is 1180.